The Bertz CT molecular complexity index is 708. The molecular formula is C12H12BrN5O3. The topological polar surface area (TPSA) is 116 Å². The van der Waals surface area contributed by atoms with Gasteiger partial charge < -0.3 is 4.74 Å². The van der Waals surface area contributed by atoms with Crippen molar-refractivity contribution in [3.05, 3.63) is 44.0 Å². The number of hydrogen-bond acceptors (Lipinski definition) is 7. The fourth-order valence-corrected chi connectivity index (χ4v) is 2.19. The van der Waals surface area contributed by atoms with E-state index in [0.29, 0.717) is 5.75 Å². The van der Waals surface area contributed by atoms with Crippen LogP contribution in [0, 0.1) is 24.0 Å². The summed E-state index contributed by atoms with van der Waals surface area (Å²) in [6.07, 6.45) is 0. The van der Waals surface area contributed by atoms with E-state index in [2.05, 4.69) is 31.3 Å². The van der Waals surface area contributed by atoms with Crippen molar-refractivity contribution in [1.82, 2.24) is 9.97 Å². The van der Waals surface area contributed by atoms with Crippen molar-refractivity contribution >= 4 is 27.6 Å². The van der Waals surface area contributed by atoms with Gasteiger partial charge in [-0.1, -0.05) is 15.9 Å². The molecule has 1 heterocycles. The summed E-state index contributed by atoms with van der Waals surface area (Å²) < 4.78 is 6.45. The molecule has 9 heteroatoms. The molecule has 0 aliphatic rings. The summed E-state index contributed by atoms with van der Waals surface area (Å²) in [6.45, 7) is 3.31. The molecule has 2 rings (SSSR count). The number of aromatic nitrogens is 2. The van der Waals surface area contributed by atoms with Crippen molar-refractivity contribution in [2.24, 2.45) is 5.84 Å². The number of nitrogen functional groups attached to an aromatic ring is 1. The highest BCUT2D eigenvalue weighted by Crippen LogP contribution is 2.34. The Labute approximate surface area is 128 Å². The summed E-state index contributed by atoms with van der Waals surface area (Å²) in [5.41, 5.74) is 2.92. The molecule has 0 fully saturated rings. The molecule has 0 saturated carbocycles. The van der Waals surface area contributed by atoms with Gasteiger partial charge in [0.2, 0.25) is 5.95 Å². The number of benzene rings is 1. The molecule has 0 amide bonds. The van der Waals surface area contributed by atoms with Gasteiger partial charge in [-0.15, -0.1) is 0 Å². The standard InChI is InChI=1S/C12H12BrN5O3/c1-6-5-8(13)3-4-9(6)21-11-10(18(19)20)7(2)15-12(16-11)17-14/h3-5H,14H2,1-2H3,(H,15,16,17). The lowest BCUT2D eigenvalue weighted by Gasteiger charge is -2.10. The van der Waals surface area contributed by atoms with Gasteiger partial charge in [0.25, 0.3) is 0 Å². The first-order valence-corrected chi connectivity index (χ1v) is 6.65. The molecule has 3 N–H and O–H groups in total. The Morgan fingerprint density at radius 1 is 1.38 bits per heavy atom. The van der Waals surface area contributed by atoms with Crippen molar-refractivity contribution in [2.45, 2.75) is 13.8 Å². The number of nitrogens with one attached hydrogen (secondary N) is 1. The number of halogens is 1. The first kappa shape index (κ1) is 15.1. The molecule has 110 valence electrons. The van der Waals surface area contributed by atoms with E-state index in [1.165, 1.54) is 6.92 Å². The minimum absolute atomic E-state index is 0.0443. The van der Waals surface area contributed by atoms with Gasteiger partial charge >= 0.3 is 11.6 Å². The predicted octanol–water partition coefficient (Wildman–Crippen LogP) is 2.84. The summed E-state index contributed by atoms with van der Waals surface area (Å²) in [4.78, 5) is 18.4. The largest absolute Gasteiger partial charge is 0.433 e. The maximum Gasteiger partial charge on any atom is 0.352 e. The summed E-state index contributed by atoms with van der Waals surface area (Å²) >= 11 is 3.34. The number of hydrogen-bond donors (Lipinski definition) is 2. The van der Waals surface area contributed by atoms with Gasteiger partial charge in [0.15, 0.2) is 0 Å². The van der Waals surface area contributed by atoms with E-state index in [-0.39, 0.29) is 23.2 Å². The number of anilines is 1. The molecule has 0 aliphatic heterocycles. The van der Waals surface area contributed by atoms with Crippen molar-refractivity contribution in [3.8, 4) is 11.6 Å². The molecule has 8 nitrogen and oxygen atoms in total. The lowest BCUT2D eigenvalue weighted by Crippen LogP contribution is -2.12. The lowest BCUT2D eigenvalue weighted by molar-refractivity contribution is -0.386. The van der Waals surface area contributed by atoms with Crippen LogP contribution in [0.4, 0.5) is 11.6 Å². The Balaban J connectivity index is 2.51. The van der Waals surface area contributed by atoms with E-state index in [4.69, 9.17) is 10.6 Å². The van der Waals surface area contributed by atoms with Crippen molar-refractivity contribution in [1.29, 1.82) is 0 Å². The number of rotatable bonds is 4. The van der Waals surface area contributed by atoms with Crippen LogP contribution in [0.5, 0.6) is 11.6 Å². The number of nitrogens with two attached hydrogens (primary N) is 1. The Morgan fingerprint density at radius 3 is 2.67 bits per heavy atom. The molecule has 0 saturated heterocycles. The molecule has 1 aromatic carbocycles. The normalized spacial score (nSPS) is 10.3. The third kappa shape index (κ3) is 3.26. The monoisotopic (exact) mass is 353 g/mol. The SMILES string of the molecule is Cc1cc(Br)ccc1Oc1nc(NN)nc(C)c1[N+](=O)[O-]. The number of ether oxygens (including phenoxy) is 1. The second-order valence-corrected chi connectivity index (χ2v) is 5.12. The van der Waals surface area contributed by atoms with E-state index in [1.54, 1.807) is 12.1 Å². The van der Waals surface area contributed by atoms with Crippen LogP contribution >= 0.6 is 15.9 Å². The fraction of sp³-hybridized carbons (Fsp3) is 0.167. The van der Waals surface area contributed by atoms with Crippen molar-refractivity contribution < 1.29 is 9.66 Å². The average Bonchev–Trinajstić information content (AvgIpc) is 2.40. The van der Waals surface area contributed by atoms with E-state index in [0.717, 1.165) is 10.0 Å². The summed E-state index contributed by atoms with van der Waals surface area (Å²) in [5.74, 6) is 5.59. The van der Waals surface area contributed by atoms with E-state index >= 15 is 0 Å². The summed E-state index contributed by atoms with van der Waals surface area (Å²) in [5, 5.41) is 11.2. The van der Waals surface area contributed by atoms with E-state index < -0.39 is 4.92 Å². The van der Waals surface area contributed by atoms with Crippen molar-refractivity contribution in [3.63, 3.8) is 0 Å². The van der Waals surface area contributed by atoms with Gasteiger partial charge in [-0.05, 0) is 37.6 Å². The average molecular weight is 354 g/mol. The van der Waals surface area contributed by atoms with Crippen LogP contribution in [0.15, 0.2) is 22.7 Å². The molecule has 0 bridgehead atoms. The quantitative estimate of drug-likeness (QED) is 0.493. The van der Waals surface area contributed by atoms with Gasteiger partial charge in [-0.25, -0.2) is 10.8 Å². The van der Waals surface area contributed by atoms with Gasteiger partial charge in [-0.2, -0.15) is 4.98 Å². The van der Waals surface area contributed by atoms with Gasteiger partial charge in [-0.3, -0.25) is 15.5 Å². The molecule has 0 unspecified atom stereocenters. The number of aryl methyl sites for hydroxylation is 2. The molecule has 0 radical (unpaired) electrons. The molecule has 1 aromatic heterocycles. The fourth-order valence-electron chi connectivity index (χ4n) is 1.72. The first-order chi connectivity index (χ1) is 9.92. The Kier molecular flexibility index (Phi) is 4.34. The molecule has 2 aromatic rings. The second-order valence-electron chi connectivity index (χ2n) is 4.20. The minimum Gasteiger partial charge on any atom is -0.433 e. The lowest BCUT2D eigenvalue weighted by atomic mass is 10.2. The van der Waals surface area contributed by atoms with E-state index in [1.807, 2.05) is 13.0 Å². The van der Waals surface area contributed by atoms with Crippen LogP contribution in [-0.4, -0.2) is 14.9 Å². The maximum atomic E-state index is 11.2. The highest BCUT2D eigenvalue weighted by molar-refractivity contribution is 9.10. The van der Waals surface area contributed by atoms with Gasteiger partial charge in [0.05, 0.1) is 4.92 Å². The van der Waals surface area contributed by atoms with Crippen LogP contribution < -0.4 is 16.0 Å². The summed E-state index contributed by atoms with van der Waals surface area (Å²) in [6, 6.07) is 5.29. The smallest absolute Gasteiger partial charge is 0.352 e. The van der Waals surface area contributed by atoms with Crippen LogP contribution in [0.2, 0.25) is 0 Å². The predicted molar refractivity (Wildman–Crippen MR) is 80.2 cm³/mol. The molecular weight excluding hydrogens is 342 g/mol. The molecule has 0 atom stereocenters. The van der Waals surface area contributed by atoms with Crippen LogP contribution in [-0.2, 0) is 0 Å². The number of hydrazine groups is 1. The first-order valence-electron chi connectivity index (χ1n) is 5.86. The summed E-state index contributed by atoms with van der Waals surface area (Å²) in [7, 11) is 0. The molecule has 21 heavy (non-hydrogen) atoms. The third-order valence-corrected chi connectivity index (χ3v) is 3.17. The zero-order valence-electron chi connectivity index (χ0n) is 11.3. The van der Waals surface area contributed by atoms with E-state index in [9.17, 15) is 10.1 Å². The number of nitrogens with zero attached hydrogens (tertiary/aromatic N) is 3. The highest BCUT2D eigenvalue weighted by atomic mass is 79.9. The van der Waals surface area contributed by atoms with Crippen LogP contribution in [0.3, 0.4) is 0 Å². The van der Waals surface area contributed by atoms with Crippen LogP contribution in [0.25, 0.3) is 0 Å². The second kappa shape index (κ2) is 6.02. The number of nitro groups is 1. The zero-order chi connectivity index (χ0) is 15.6. The third-order valence-electron chi connectivity index (χ3n) is 2.68. The maximum absolute atomic E-state index is 11.2. The van der Waals surface area contributed by atoms with Crippen LogP contribution in [0.1, 0.15) is 11.3 Å². The zero-order valence-corrected chi connectivity index (χ0v) is 12.8. The molecule has 0 aliphatic carbocycles. The van der Waals surface area contributed by atoms with Crippen molar-refractivity contribution in [2.75, 3.05) is 5.43 Å². The van der Waals surface area contributed by atoms with Gasteiger partial charge in [0.1, 0.15) is 11.4 Å². The highest BCUT2D eigenvalue weighted by Gasteiger charge is 2.24. The Morgan fingerprint density at radius 2 is 2.10 bits per heavy atom. The Hall–Kier alpha value is -2.26. The van der Waals surface area contributed by atoms with Gasteiger partial charge in [0, 0.05) is 4.47 Å². The minimum atomic E-state index is -0.584. The molecule has 0 spiro atoms.